The number of aromatic amines is 1. The van der Waals surface area contributed by atoms with Crippen molar-refractivity contribution in [2.24, 2.45) is 0 Å². The maximum atomic E-state index is 9.52. The summed E-state index contributed by atoms with van der Waals surface area (Å²) in [5, 5.41) is 9.52. The van der Waals surface area contributed by atoms with Gasteiger partial charge in [0.2, 0.25) is 0 Å². The Morgan fingerprint density at radius 3 is 2.87 bits per heavy atom. The highest BCUT2D eigenvalue weighted by atomic mass is 35.5. The highest BCUT2D eigenvalue weighted by Gasteiger charge is 2.17. The van der Waals surface area contributed by atoms with Gasteiger partial charge in [-0.2, -0.15) is 0 Å². The van der Waals surface area contributed by atoms with Gasteiger partial charge in [0.1, 0.15) is 16.7 Å². The summed E-state index contributed by atoms with van der Waals surface area (Å²) in [6.45, 7) is 0. The van der Waals surface area contributed by atoms with E-state index in [1.54, 1.807) is 0 Å². The predicted molar refractivity (Wildman–Crippen MR) is 56.9 cm³/mol. The van der Waals surface area contributed by atoms with Crippen LogP contribution in [-0.4, -0.2) is 36.0 Å². The summed E-state index contributed by atoms with van der Waals surface area (Å²) in [4.78, 5) is 14.0. The first-order chi connectivity index (χ1) is 7.18. The molecule has 0 spiro atoms. The SMILES string of the molecule is OC(Cc1ncnc2nc[nH]c12)C(Cl)Cl. The molecule has 2 aromatic rings. The summed E-state index contributed by atoms with van der Waals surface area (Å²) in [6.07, 6.45) is 2.32. The van der Waals surface area contributed by atoms with Gasteiger partial charge in [-0.15, -0.1) is 23.2 Å². The van der Waals surface area contributed by atoms with E-state index in [1.807, 2.05) is 0 Å². The van der Waals surface area contributed by atoms with Gasteiger partial charge in [-0.25, -0.2) is 15.0 Å². The highest BCUT2D eigenvalue weighted by Crippen LogP contribution is 2.16. The Balaban J connectivity index is 2.31. The number of hydrogen-bond acceptors (Lipinski definition) is 4. The van der Waals surface area contributed by atoms with Crippen LogP contribution in [0, 0.1) is 0 Å². The van der Waals surface area contributed by atoms with Crippen LogP contribution in [0.5, 0.6) is 0 Å². The Morgan fingerprint density at radius 1 is 1.33 bits per heavy atom. The molecule has 0 fully saturated rings. The third-order valence-electron chi connectivity index (χ3n) is 1.99. The maximum absolute atomic E-state index is 9.52. The van der Waals surface area contributed by atoms with Crippen molar-refractivity contribution in [3.05, 3.63) is 18.3 Å². The normalized spacial score (nSPS) is 13.6. The number of aliphatic hydroxyl groups is 1. The lowest BCUT2D eigenvalue weighted by Crippen LogP contribution is -2.19. The quantitative estimate of drug-likeness (QED) is 0.795. The van der Waals surface area contributed by atoms with Crippen molar-refractivity contribution in [3.63, 3.8) is 0 Å². The van der Waals surface area contributed by atoms with Gasteiger partial charge in [-0.05, 0) is 0 Å². The fourth-order valence-electron chi connectivity index (χ4n) is 1.26. The zero-order valence-corrected chi connectivity index (χ0v) is 9.07. The molecule has 15 heavy (non-hydrogen) atoms. The maximum Gasteiger partial charge on any atom is 0.180 e. The standard InChI is InChI=1S/C8H8Cl2N4O/c9-7(10)5(15)1-4-6-8(13-2-11-4)14-3-12-6/h2-3,5,7,15H,1H2,(H,11,12,13,14). The number of imidazole rings is 1. The number of aliphatic hydroxyl groups excluding tert-OH is 1. The average molecular weight is 247 g/mol. The first-order valence-corrected chi connectivity index (χ1v) is 5.15. The third kappa shape index (κ3) is 2.19. The van der Waals surface area contributed by atoms with Crippen LogP contribution in [0.1, 0.15) is 5.69 Å². The van der Waals surface area contributed by atoms with Gasteiger partial charge in [0.05, 0.1) is 18.1 Å². The molecule has 2 heterocycles. The van der Waals surface area contributed by atoms with E-state index in [0.717, 1.165) is 0 Å². The molecule has 1 atom stereocenters. The minimum absolute atomic E-state index is 0.263. The molecule has 0 amide bonds. The second-order valence-electron chi connectivity index (χ2n) is 3.03. The van der Waals surface area contributed by atoms with Crippen molar-refractivity contribution in [2.45, 2.75) is 17.4 Å². The minimum Gasteiger partial charge on any atom is -0.390 e. The number of aromatic nitrogens is 4. The molecule has 2 aromatic heterocycles. The van der Waals surface area contributed by atoms with Gasteiger partial charge in [-0.3, -0.25) is 0 Å². The summed E-state index contributed by atoms with van der Waals surface area (Å²) in [5.74, 6) is 0. The average Bonchev–Trinajstić information content (AvgIpc) is 2.66. The van der Waals surface area contributed by atoms with Crippen molar-refractivity contribution >= 4 is 34.4 Å². The summed E-state index contributed by atoms with van der Waals surface area (Å²) in [7, 11) is 0. The zero-order chi connectivity index (χ0) is 10.8. The van der Waals surface area contributed by atoms with E-state index in [9.17, 15) is 5.11 Å². The Labute approximate surface area is 95.5 Å². The number of fused-ring (bicyclic) bond motifs is 1. The molecule has 7 heteroatoms. The van der Waals surface area contributed by atoms with E-state index in [-0.39, 0.29) is 6.42 Å². The molecule has 0 aromatic carbocycles. The number of nitrogens with one attached hydrogen (secondary N) is 1. The summed E-state index contributed by atoms with van der Waals surface area (Å²) in [5.41, 5.74) is 1.91. The zero-order valence-electron chi connectivity index (χ0n) is 7.56. The molecule has 80 valence electrons. The van der Waals surface area contributed by atoms with Crippen LogP contribution in [0.3, 0.4) is 0 Å². The second-order valence-corrected chi connectivity index (χ2v) is 4.19. The predicted octanol–water partition coefficient (Wildman–Crippen LogP) is 1.06. The summed E-state index contributed by atoms with van der Waals surface area (Å²) in [6, 6.07) is 0. The lowest BCUT2D eigenvalue weighted by atomic mass is 10.2. The minimum atomic E-state index is -0.852. The number of hydrogen-bond donors (Lipinski definition) is 2. The Hall–Kier alpha value is -0.910. The first kappa shape index (κ1) is 10.6. The van der Waals surface area contributed by atoms with Crippen molar-refractivity contribution in [1.82, 2.24) is 19.9 Å². The number of H-pyrrole nitrogens is 1. The van der Waals surface area contributed by atoms with Crippen molar-refractivity contribution < 1.29 is 5.11 Å². The molecule has 0 aliphatic rings. The molecular formula is C8H8Cl2N4O. The lowest BCUT2D eigenvalue weighted by molar-refractivity contribution is 0.188. The molecule has 2 rings (SSSR count). The fourth-order valence-corrected chi connectivity index (χ4v) is 1.44. The Bertz CT molecular complexity index is 459. The fraction of sp³-hybridized carbons (Fsp3) is 0.375. The van der Waals surface area contributed by atoms with Gasteiger partial charge < -0.3 is 10.1 Å². The summed E-state index contributed by atoms with van der Waals surface area (Å²) >= 11 is 11.1. The van der Waals surface area contributed by atoms with E-state index < -0.39 is 10.9 Å². The molecule has 5 nitrogen and oxygen atoms in total. The Morgan fingerprint density at radius 2 is 2.13 bits per heavy atom. The molecule has 2 N–H and O–H groups in total. The Kier molecular flexibility index (Phi) is 3.04. The number of rotatable bonds is 3. The van der Waals surface area contributed by atoms with Gasteiger partial charge in [0.15, 0.2) is 5.65 Å². The van der Waals surface area contributed by atoms with E-state index in [4.69, 9.17) is 23.2 Å². The van der Waals surface area contributed by atoms with Crippen molar-refractivity contribution in [3.8, 4) is 0 Å². The molecule has 0 bridgehead atoms. The largest absolute Gasteiger partial charge is 0.390 e. The number of halogens is 2. The van der Waals surface area contributed by atoms with Crippen LogP contribution in [0.4, 0.5) is 0 Å². The summed E-state index contributed by atoms with van der Waals surface area (Å²) < 4.78 is 0. The molecule has 0 aliphatic heterocycles. The molecule has 1 unspecified atom stereocenters. The topological polar surface area (TPSA) is 74.7 Å². The highest BCUT2D eigenvalue weighted by molar-refractivity contribution is 6.44. The van der Waals surface area contributed by atoms with Crippen LogP contribution >= 0.6 is 23.2 Å². The van der Waals surface area contributed by atoms with Crippen molar-refractivity contribution in [1.29, 1.82) is 0 Å². The van der Waals surface area contributed by atoms with E-state index >= 15 is 0 Å². The second kappa shape index (κ2) is 4.30. The van der Waals surface area contributed by atoms with Gasteiger partial charge in [0.25, 0.3) is 0 Å². The van der Waals surface area contributed by atoms with Gasteiger partial charge in [-0.1, -0.05) is 0 Å². The smallest absolute Gasteiger partial charge is 0.180 e. The van der Waals surface area contributed by atoms with Crippen LogP contribution < -0.4 is 0 Å². The van der Waals surface area contributed by atoms with E-state index in [0.29, 0.717) is 16.9 Å². The van der Waals surface area contributed by atoms with Crippen LogP contribution in [0.25, 0.3) is 11.2 Å². The molecule has 0 saturated heterocycles. The molecular weight excluding hydrogens is 239 g/mol. The first-order valence-electron chi connectivity index (χ1n) is 4.27. The number of alkyl halides is 2. The molecule has 0 radical (unpaired) electrons. The lowest BCUT2D eigenvalue weighted by Gasteiger charge is -2.10. The van der Waals surface area contributed by atoms with Crippen molar-refractivity contribution in [2.75, 3.05) is 0 Å². The molecule has 0 saturated carbocycles. The molecule has 0 aliphatic carbocycles. The van der Waals surface area contributed by atoms with Crippen LogP contribution in [0.15, 0.2) is 12.7 Å². The monoisotopic (exact) mass is 246 g/mol. The third-order valence-corrected chi connectivity index (χ3v) is 2.58. The van der Waals surface area contributed by atoms with E-state index in [2.05, 4.69) is 19.9 Å². The van der Waals surface area contributed by atoms with E-state index in [1.165, 1.54) is 12.7 Å². The van der Waals surface area contributed by atoms with Gasteiger partial charge >= 0.3 is 0 Å². The van der Waals surface area contributed by atoms with Crippen LogP contribution in [0.2, 0.25) is 0 Å². The van der Waals surface area contributed by atoms with Gasteiger partial charge in [0, 0.05) is 6.42 Å². The van der Waals surface area contributed by atoms with Crippen LogP contribution in [-0.2, 0) is 6.42 Å². The number of nitrogens with zero attached hydrogens (tertiary/aromatic N) is 3.